The Kier molecular flexibility index (Phi) is 13.0. The molecule has 5 nitrogen and oxygen atoms in total. The molecular formula is C18H34O5. The highest BCUT2D eigenvalue weighted by Crippen LogP contribution is 2.09. The van der Waals surface area contributed by atoms with Crippen LogP contribution in [0.3, 0.4) is 0 Å². The molecule has 0 aliphatic rings. The van der Waals surface area contributed by atoms with E-state index < -0.39 is 0 Å². The fourth-order valence-electron chi connectivity index (χ4n) is 1.81. The van der Waals surface area contributed by atoms with Crippen molar-refractivity contribution >= 4 is 5.97 Å². The highest BCUT2D eigenvalue weighted by molar-refractivity contribution is 5.69. The molecule has 0 amide bonds. The first kappa shape index (κ1) is 22.1. The number of carbonyl (C=O) groups is 1. The number of rotatable bonds is 14. The van der Waals surface area contributed by atoms with E-state index in [1.54, 1.807) is 6.08 Å². The first-order valence-electron chi connectivity index (χ1n) is 8.41. The summed E-state index contributed by atoms with van der Waals surface area (Å²) in [6, 6.07) is 0. The molecule has 23 heavy (non-hydrogen) atoms. The molecule has 0 spiro atoms. The number of hydrogen-bond acceptors (Lipinski definition) is 5. The highest BCUT2D eigenvalue weighted by Gasteiger charge is 2.09. The minimum atomic E-state index is -0.163. The number of esters is 1. The lowest BCUT2D eigenvalue weighted by atomic mass is 10.1. The van der Waals surface area contributed by atoms with E-state index in [1.165, 1.54) is 0 Å². The second-order valence-electron chi connectivity index (χ2n) is 6.62. The minimum Gasteiger partial charge on any atom is -0.461 e. The van der Waals surface area contributed by atoms with Crippen LogP contribution in [0.15, 0.2) is 12.7 Å². The molecule has 0 aromatic rings. The Balaban J connectivity index is 3.35. The Morgan fingerprint density at radius 2 is 1.78 bits per heavy atom. The average Bonchev–Trinajstić information content (AvgIpc) is 2.46. The molecule has 0 aromatic carbocycles. The minimum absolute atomic E-state index is 0.118. The zero-order chi connectivity index (χ0) is 17.6. The molecule has 0 saturated heterocycles. The van der Waals surface area contributed by atoms with Crippen molar-refractivity contribution in [2.24, 2.45) is 5.92 Å². The van der Waals surface area contributed by atoms with Crippen LogP contribution in [0, 0.1) is 5.92 Å². The molecule has 0 N–H and O–H groups in total. The van der Waals surface area contributed by atoms with Gasteiger partial charge in [-0.1, -0.05) is 19.6 Å². The number of hydrogen-bond donors (Lipinski definition) is 0. The fourth-order valence-corrected chi connectivity index (χ4v) is 1.81. The third-order valence-electron chi connectivity index (χ3n) is 2.98. The smallest absolute Gasteiger partial charge is 0.306 e. The lowest BCUT2D eigenvalue weighted by Crippen LogP contribution is -2.22. The predicted octanol–water partition coefficient (Wildman–Crippen LogP) is 3.37. The van der Waals surface area contributed by atoms with Gasteiger partial charge in [-0.15, -0.1) is 0 Å². The molecule has 0 aromatic heterocycles. The Hall–Kier alpha value is -0.910. The summed E-state index contributed by atoms with van der Waals surface area (Å²) in [6.45, 7) is 15.0. The topological polar surface area (TPSA) is 54.0 Å². The summed E-state index contributed by atoms with van der Waals surface area (Å²) in [6.07, 6.45) is 3.80. The van der Waals surface area contributed by atoms with Crippen LogP contribution in [0.4, 0.5) is 0 Å². The maximum absolute atomic E-state index is 11.3. The van der Waals surface area contributed by atoms with E-state index in [1.807, 2.05) is 20.8 Å². The van der Waals surface area contributed by atoms with Crippen LogP contribution in [0.25, 0.3) is 0 Å². The standard InChI is InChI=1S/C18H34O5/c1-6-10-22-17(19)9-7-8-16(2)15-21-12-11-20-13-14-23-18(3,4)5/h6,16H,1,7-15H2,2-5H3/t16-/m1/s1. The van der Waals surface area contributed by atoms with Crippen LogP contribution in [0.5, 0.6) is 0 Å². The summed E-state index contributed by atoms with van der Waals surface area (Å²) in [4.78, 5) is 11.3. The Morgan fingerprint density at radius 3 is 2.43 bits per heavy atom. The average molecular weight is 330 g/mol. The molecule has 0 aliphatic heterocycles. The third-order valence-corrected chi connectivity index (χ3v) is 2.98. The van der Waals surface area contributed by atoms with Crippen LogP contribution in [-0.2, 0) is 23.7 Å². The molecule has 0 fully saturated rings. The fraction of sp³-hybridized carbons (Fsp3) is 0.833. The van der Waals surface area contributed by atoms with Crippen molar-refractivity contribution in [3.63, 3.8) is 0 Å². The first-order chi connectivity index (χ1) is 10.8. The summed E-state index contributed by atoms with van der Waals surface area (Å²) in [5.74, 6) is 0.260. The number of ether oxygens (including phenoxy) is 4. The van der Waals surface area contributed by atoms with E-state index in [0.717, 1.165) is 12.8 Å². The van der Waals surface area contributed by atoms with Crippen molar-refractivity contribution in [1.29, 1.82) is 0 Å². The Bertz CT molecular complexity index is 309. The van der Waals surface area contributed by atoms with Crippen molar-refractivity contribution in [3.05, 3.63) is 12.7 Å². The SMILES string of the molecule is C=CCOC(=O)CCC[C@@H](C)COCCOCCOC(C)(C)C. The molecule has 1 atom stereocenters. The summed E-state index contributed by atoms with van der Waals surface area (Å²) in [5.41, 5.74) is -0.118. The highest BCUT2D eigenvalue weighted by atomic mass is 16.5. The Morgan fingerprint density at radius 1 is 1.13 bits per heavy atom. The van der Waals surface area contributed by atoms with Crippen LogP contribution in [0.1, 0.15) is 47.0 Å². The van der Waals surface area contributed by atoms with Gasteiger partial charge in [0.2, 0.25) is 0 Å². The van der Waals surface area contributed by atoms with Gasteiger partial charge in [-0.05, 0) is 39.5 Å². The van der Waals surface area contributed by atoms with Crippen LogP contribution >= 0.6 is 0 Å². The van der Waals surface area contributed by atoms with E-state index in [4.69, 9.17) is 18.9 Å². The predicted molar refractivity (Wildman–Crippen MR) is 91.5 cm³/mol. The molecule has 0 saturated carbocycles. The van der Waals surface area contributed by atoms with Crippen molar-refractivity contribution in [1.82, 2.24) is 0 Å². The molecule has 136 valence electrons. The van der Waals surface area contributed by atoms with Gasteiger partial charge in [0, 0.05) is 13.0 Å². The van der Waals surface area contributed by atoms with Gasteiger partial charge in [0.1, 0.15) is 6.61 Å². The van der Waals surface area contributed by atoms with Crippen LogP contribution in [0.2, 0.25) is 0 Å². The quantitative estimate of drug-likeness (QED) is 0.278. The van der Waals surface area contributed by atoms with Crippen LogP contribution in [-0.4, -0.2) is 51.2 Å². The molecule has 0 rings (SSSR count). The van der Waals surface area contributed by atoms with Gasteiger partial charge in [0.25, 0.3) is 0 Å². The Labute approximate surface area is 141 Å². The van der Waals surface area contributed by atoms with E-state index in [2.05, 4.69) is 13.5 Å². The second-order valence-corrected chi connectivity index (χ2v) is 6.62. The van der Waals surface area contributed by atoms with E-state index in [9.17, 15) is 4.79 Å². The second kappa shape index (κ2) is 13.5. The monoisotopic (exact) mass is 330 g/mol. The van der Waals surface area contributed by atoms with Crippen LogP contribution < -0.4 is 0 Å². The largest absolute Gasteiger partial charge is 0.461 e. The van der Waals surface area contributed by atoms with Gasteiger partial charge in [0.05, 0.1) is 32.0 Å². The van der Waals surface area contributed by atoms with Crippen molar-refractivity contribution < 1.29 is 23.7 Å². The molecule has 0 heterocycles. The van der Waals surface area contributed by atoms with Crippen molar-refractivity contribution in [2.75, 3.05) is 39.6 Å². The van der Waals surface area contributed by atoms with Gasteiger partial charge < -0.3 is 18.9 Å². The van der Waals surface area contributed by atoms with Gasteiger partial charge in [-0.25, -0.2) is 0 Å². The molecule has 0 aliphatic carbocycles. The molecule has 0 radical (unpaired) electrons. The van der Waals surface area contributed by atoms with Gasteiger partial charge in [-0.2, -0.15) is 0 Å². The zero-order valence-electron chi connectivity index (χ0n) is 15.3. The summed E-state index contributed by atoms with van der Waals surface area (Å²) in [5, 5.41) is 0. The number of carbonyl (C=O) groups excluding carboxylic acids is 1. The lowest BCUT2D eigenvalue weighted by molar-refractivity contribution is -0.142. The lowest BCUT2D eigenvalue weighted by Gasteiger charge is -2.19. The zero-order valence-corrected chi connectivity index (χ0v) is 15.3. The molecular weight excluding hydrogens is 296 g/mol. The molecule has 5 heteroatoms. The summed E-state index contributed by atoms with van der Waals surface area (Å²) in [7, 11) is 0. The third kappa shape index (κ3) is 17.3. The molecule has 0 unspecified atom stereocenters. The van der Waals surface area contributed by atoms with Gasteiger partial charge in [-0.3, -0.25) is 4.79 Å². The summed E-state index contributed by atoms with van der Waals surface area (Å²) < 4.78 is 21.5. The van der Waals surface area contributed by atoms with Crippen molar-refractivity contribution in [2.45, 2.75) is 52.6 Å². The van der Waals surface area contributed by atoms with E-state index in [-0.39, 0.29) is 18.2 Å². The maximum Gasteiger partial charge on any atom is 0.306 e. The maximum atomic E-state index is 11.3. The van der Waals surface area contributed by atoms with E-state index >= 15 is 0 Å². The van der Waals surface area contributed by atoms with Gasteiger partial charge in [0.15, 0.2) is 0 Å². The van der Waals surface area contributed by atoms with Crippen molar-refractivity contribution in [3.8, 4) is 0 Å². The summed E-state index contributed by atoms with van der Waals surface area (Å²) >= 11 is 0. The molecule has 0 bridgehead atoms. The van der Waals surface area contributed by atoms with Gasteiger partial charge >= 0.3 is 5.97 Å². The first-order valence-corrected chi connectivity index (χ1v) is 8.41. The van der Waals surface area contributed by atoms with E-state index in [0.29, 0.717) is 45.4 Å². The normalized spacial score (nSPS) is 12.9.